The van der Waals surface area contributed by atoms with E-state index in [4.69, 9.17) is 21.1 Å². The predicted octanol–water partition coefficient (Wildman–Crippen LogP) is 3.91. The van der Waals surface area contributed by atoms with Gasteiger partial charge in [-0.3, -0.25) is 14.4 Å². The molecule has 0 aliphatic carbocycles. The molecule has 0 radical (unpaired) electrons. The molecule has 2 aromatic rings. The van der Waals surface area contributed by atoms with E-state index in [1.807, 2.05) is 0 Å². The van der Waals surface area contributed by atoms with Crippen LogP contribution in [0.1, 0.15) is 61.5 Å². The first-order valence-electron chi connectivity index (χ1n) is 8.45. The van der Waals surface area contributed by atoms with Gasteiger partial charge in [0.05, 0.1) is 34.0 Å². The summed E-state index contributed by atoms with van der Waals surface area (Å²) < 4.78 is 10.4. The summed E-state index contributed by atoms with van der Waals surface area (Å²) in [6.45, 7) is 4.70. The van der Waals surface area contributed by atoms with Gasteiger partial charge >= 0.3 is 11.9 Å². The van der Waals surface area contributed by atoms with E-state index in [2.05, 4.69) is 4.98 Å². The van der Waals surface area contributed by atoms with E-state index in [1.165, 1.54) is 14.0 Å². The first kappa shape index (κ1) is 21.8. The van der Waals surface area contributed by atoms with E-state index in [1.54, 1.807) is 26.0 Å². The Balaban J connectivity index is 1.97. The van der Waals surface area contributed by atoms with Gasteiger partial charge in [-0.1, -0.05) is 11.6 Å². The molecule has 0 amide bonds. The Hall–Kier alpha value is -2.45. The average molecular weight is 426 g/mol. The normalized spacial score (nSPS) is 11.8. The first-order chi connectivity index (χ1) is 13.1. The molecule has 1 unspecified atom stereocenters. The number of nitrogens with one attached hydrogen (secondary N) is 1. The number of H-pyrrole nitrogens is 1. The molecule has 0 saturated heterocycles. The van der Waals surface area contributed by atoms with Crippen LogP contribution in [-0.2, 0) is 14.3 Å². The molecule has 2 aromatic heterocycles. The van der Waals surface area contributed by atoms with Crippen molar-refractivity contribution in [2.75, 3.05) is 7.11 Å². The summed E-state index contributed by atoms with van der Waals surface area (Å²) in [7, 11) is 1.26. The van der Waals surface area contributed by atoms with Crippen LogP contribution < -0.4 is 0 Å². The van der Waals surface area contributed by atoms with E-state index >= 15 is 0 Å². The molecule has 0 aromatic carbocycles. The van der Waals surface area contributed by atoms with Crippen molar-refractivity contribution in [2.24, 2.45) is 0 Å². The molecule has 1 atom stereocenters. The van der Waals surface area contributed by atoms with Crippen molar-refractivity contribution in [3.05, 3.63) is 43.9 Å². The highest BCUT2D eigenvalue weighted by atomic mass is 35.5. The summed E-state index contributed by atoms with van der Waals surface area (Å²) in [5.74, 6) is -1.90. The number of carbonyl (C=O) groups excluding carboxylic acids is 4. The molecule has 0 spiro atoms. The fourth-order valence-corrected chi connectivity index (χ4v) is 3.73. The summed E-state index contributed by atoms with van der Waals surface area (Å²) in [4.78, 5) is 51.8. The van der Waals surface area contributed by atoms with Crippen LogP contribution in [0.2, 0.25) is 4.34 Å². The largest absolute Gasteiger partial charge is 0.465 e. The topological polar surface area (TPSA) is 103 Å². The lowest BCUT2D eigenvalue weighted by atomic mass is 10.1. The zero-order chi connectivity index (χ0) is 21.0. The molecule has 0 saturated carbocycles. The van der Waals surface area contributed by atoms with E-state index < -0.39 is 23.8 Å². The van der Waals surface area contributed by atoms with Gasteiger partial charge in [0.1, 0.15) is 0 Å². The van der Waals surface area contributed by atoms with Gasteiger partial charge in [-0.05, 0) is 38.5 Å². The van der Waals surface area contributed by atoms with Gasteiger partial charge in [0.25, 0.3) is 0 Å². The third-order valence-electron chi connectivity index (χ3n) is 4.16. The highest BCUT2D eigenvalue weighted by Crippen LogP contribution is 2.23. The van der Waals surface area contributed by atoms with Crippen LogP contribution in [0.15, 0.2) is 12.1 Å². The molecular weight excluding hydrogens is 406 g/mol. The lowest BCUT2D eigenvalue weighted by Crippen LogP contribution is -2.25. The molecule has 0 aliphatic rings. The van der Waals surface area contributed by atoms with Gasteiger partial charge in [-0.15, -0.1) is 11.3 Å². The molecular formula is C19H20ClNO6S. The van der Waals surface area contributed by atoms with Crippen LogP contribution in [0, 0.1) is 13.8 Å². The number of ether oxygens (including phenoxy) is 2. The number of aryl methyl sites for hydroxylation is 1. The number of carbonyl (C=O) groups is 4. The van der Waals surface area contributed by atoms with Gasteiger partial charge in [0.2, 0.25) is 5.78 Å². The minimum atomic E-state index is -1.07. The molecule has 0 fully saturated rings. The van der Waals surface area contributed by atoms with Crippen LogP contribution in [0.4, 0.5) is 0 Å². The standard InChI is InChI=1S/C19H20ClNO6S/c1-9-16(19(25)26-4)10(2)21-17(9)18(24)11(3)27-15(23)8-5-12(22)13-6-7-14(20)28-13/h6-7,11,21H,5,8H2,1-4H3. The zero-order valence-corrected chi connectivity index (χ0v) is 17.5. The van der Waals surface area contributed by atoms with Crippen molar-refractivity contribution in [2.45, 2.75) is 39.7 Å². The van der Waals surface area contributed by atoms with E-state index in [0.29, 0.717) is 20.5 Å². The Labute approximate surface area is 171 Å². The molecule has 0 bridgehead atoms. The predicted molar refractivity (Wildman–Crippen MR) is 104 cm³/mol. The molecule has 28 heavy (non-hydrogen) atoms. The number of Topliss-reactive ketones (excluding diaryl/α,β-unsaturated/α-hetero) is 2. The number of hydrogen-bond acceptors (Lipinski definition) is 7. The maximum absolute atomic E-state index is 12.6. The monoisotopic (exact) mass is 425 g/mol. The van der Waals surface area contributed by atoms with Crippen molar-refractivity contribution >= 4 is 46.4 Å². The summed E-state index contributed by atoms with van der Waals surface area (Å²) in [5.41, 5.74) is 1.39. The van der Waals surface area contributed by atoms with E-state index in [9.17, 15) is 19.2 Å². The van der Waals surface area contributed by atoms with Crippen LogP contribution >= 0.6 is 22.9 Å². The highest BCUT2D eigenvalue weighted by molar-refractivity contribution is 7.18. The number of methoxy groups -OCH3 is 1. The second kappa shape index (κ2) is 9.16. The highest BCUT2D eigenvalue weighted by Gasteiger charge is 2.27. The molecule has 0 aliphatic heterocycles. The fraction of sp³-hybridized carbons (Fsp3) is 0.368. The Bertz CT molecular complexity index is 929. The van der Waals surface area contributed by atoms with Crippen LogP contribution in [0.5, 0.6) is 0 Å². The SMILES string of the molecule is COC(=O)c1c(C)[nH]c(C(=O)C(C)OC(=O)CCC(=O)c2ccc(Cl)s2)c1C. The Morgan fingerprint density at radius 3 is 2.43 bits per heavy atom. The van der Waals surface area contributed by atoms with Gasteiger partial charge in [0.15, 0.2) is 11.9 Å². The lowest BCUT2D eigenvalue weighted by Gasteiger charge is -2.12. The molecule has 150 valence electrons. The number of aromatic nitrogens is 1. The minimum Gasteiger partial charge on any atom is -0.465 e. The number of esters is 2. The first-order valence-corrected chi connectivity index (χ1v) is 9.64. The molecule has 2 heterocycles. The van der Waals surface area contributed by atoms with Crippen LogP contribution in [0.3, 0.4) is 0 Å². The number of halogens is 1. The van der Waals surface area contributed by atoms with Gasteiger partial charge in [-0.2, -0.15) is 0 Å². The number of thiophene rings is 1. The maximum Gasteiger partial charge on any atom is 0.339 e. The second-order valence-corrected chi connectivity index (χ2v) is 7.85. The third-order valence-corrected chi connectivity index (χ3v) is 5.43. The average Bonchev–Trinajstić information content (AvgIpc) is 3.21. The van der Waals surface area contributed by atoms with Crippen LogP contribution in [-0.4, -0.2) is 41.7 Å². The van der Waals surface area contributed by atoms with Gasteiger partial charge < -0.3 is 14.5 Å². The maximum atomic E-state index is 12.6. The van der Waals surface area contributed by atoms with Gasteiger partial charge in [-0.25, -0.2) is 4.79 Å². The number of aromatic amines is 1. The molecule has 2 rings (SSSR count). The molecule has 1 N–H and O–H groups in total. The fourth-order valence-electron chi connectivity index (χ4n) is 2.72. The summed E-state index contributed by atoms with van der Waals surface area (Å²) in [6, 6.07) is 3.21. The van der Waals surface area contributed by atoms with Crippen LogP contribution in [0.25, 0.3) is 0 Å². The summed E-state index contributed by atoms with van der Waals surface area (Å²) >= 11 is 6.93. The number of rotatable bonds is 8. The Morgan fingerprint density at radius 2 is 1.86 bits per heavy atom. The smallest absolute Gasteiger partial charge is 0.339 e. The summed E-state index contributed by atoms with van der Waals surface area (Å²) in [6.07, 6.45) is -1.26. The number of hydrogen-bond donors (Lipinski definition) is 1. The van der Waals surface area contributed by atoms with E-state index in [0.717, 1.165) is 11.3 Å². The van der Waals surface area contributed by atoms with Crippen molar-refractivity contribution in [3.63, 3.8) is 0 Å². The zero-order valence-electron chi connectivity index (χ0n) is 15.9. The number of ketones is 2. The van der Waals surface area contributed by atoms with Crippen molar-refractivity contribution in [3.8, 4) is 0 Å². The van der Waals surface area contributed by atoms with Gasteiger partial charge in [0, 0.05) is 12.1 Å². The second-order valence-electron chi connectivity index (χ2n) is 6.14. The molecule has 7 nitrogen and oxygen atoms in total. The summed E-state index contributed by atoms with van der Waals surface area (Å²) in [5, 5.41) is 0. The van der Waals surface area contributed by atoms with Crippen molar-refractivity contribution in [1.29, 1.82) is 0 Å². The Morgan fingerprint density at radius 1 is 1.18 bits per heavy atom. The quantitative estimate of drug-likeness (QED) is 0.508. The van der Waals surface area contributed by atoms with Crippen molar-refractivity contribution < 1.29 is 28.7 Å². The minimum absolute atomic E-state index is 0.0380. The van der Waals surface area contributed by atoms with E-state index in [-0.39, 0.29) is 29.9 Å². The lowest BCUT2D eigenvalue weighted by molar-refractivity contribution is -0.146. The Kier molecular flexibility index (Phi) is 7.15. The molecule has 9 heteroatoms. The van der Waals surface area contributed by atoms with Crippen molar-refractivity contribution in [1.82, 2.24) is 4.98 Å². The third kappa shape index (κ3) is 4.88.